The standard InChI is InChI=1S/C17H26N4O/c1-20(10-13-2-3-13)11-15-12-21(8-9-22-15)16-6-7-18-17(19-16)14-4-5-14/h6-7,13-15H,2-5,8-12H2,1H3/t15-/m1/s1. The first kappa shape index (κ1) is 14.4. The van der Waals surface area contributed by atoms with Gasteiger partial charge in [0.25, 0.3) is 0 Å². The molecule has 2 saturated carbocycles. The average Bonchev–Trinajstić information content (AvgIpc) is 3.41. The van der Waals surface area contributed by atoms with Gasteiger partial charge in [-0.05, 0) is 44.7 Å². The van der Waals surface area contributed by atoms with Crippen molar-refractivity contribution in [3.8, 4) is 0 Å². The van der Waals surface area contributed by atoms with Crippen molar-refractivity contribution in [3.05, 3.63) is 18.1 Å². The van der Waals surface area contributed by atoms with Crippen molar-refractivity contribution in [2.45, 2.75) is 37.7 Å². The summed E-state index contributed by atoms with van der Waals surface area (Å²) in [5.41, 5.74) is 0. The number of ether oxygens (including phenoxy) is 1. The van der Waals surface area contributed by atoms with Crippen LogP contribution in [-0.4, -0.2) is 60.8 Å². The van der Waals surface area contributed by atoms with Crippen LogP contribution in [0.2, 0.25) is 0 Å². The van der Waals surface area contributed by atoms with Crippen molar-refractivity contribution in [2.24, 2.45) is 5.92 Å². The molecule has 120 valence electrons. The van der Waals surface area contributed by atoms with E-state index >= 15 is 0 Å². The summed E-state index contributed by atoms with van der Waals surface area (Å²) in [6.07, 6.45) is 7.53. The summed E-state index contributed by atoms with van der Waals surface area (Å²) >= 11 is 0. The number of anilines is 1. The molecule has 3 fully saturated rings. The summed E-state index contributed by atoms with van der Waals surface area (Å²) in [4.78, 5) is 14.0. The van der Waals surface area contributed by atoms with E-state index in [2.05, 4.69) is 21.8 Å². The molecule has 1 atom stereocenters. The molecule has 1 aromatic heterocycles. The smallest absolute Gasteiger partial charge is 0.133 e. The molecular weight excluding hydrogens is 276 g/mol. The van der Waals surface area contributed by atoms with Crippen molar-refractivity contribution >= 4 is 5.82 Å². The van der Waals surface area contributed by atoms with Crippen molar-refractivity contribution < 1.29 is 4.74 Å². The Morgan fingerprint density at radius 3 is 2.91 bits per heavy atom. The third kappa shape index (κ3) is 3.58. The zero-order valence-corrected chi connectivity index (χ0v) is 13.4. The molecule has 0 aromatic carbocycles. The van der Waals surface area contributed by atoms with Gasteiger partial charge in [0.05, 0.1) is 12.7 Å². The minimum absolute atomic E-state index is 0.289. The van der Waals surface area contributed by atoms with Crippen LogP contribution < -0.4 is 4.90 Å². The van der Waals surface area contributed by atoms with E-state index in [4.69, 9.17) is 9.72 Å². The van der Waals surface area contributed by atoms with E-state index < -0.39 is 0 Å². The van der Waals surface area contributed by atoms with Gasteiger partial charge >= 0.3 is 0 Å². The number of hydrogen-bond acceptors (Lipinski definition) is 5. The van der Waals surface area contributed by atoms with Crippen molar-refractivity contribution in [2.75, 3.05) is 44.7 Å². The Balaban J connectivity index is 1.36. The first-order valence-electron chi connectivity index (χ1n) is 8.66. The number of likely N-dealkylation sites (N-methyl/N-ethyl adjacent to an activating group) is 1. The van der Waals surface area contributed by atoms with Crippen LogP contribution >= 0.6 is 0 Å². The minimum Gasteiger partial charge on any atom is -0.373 e. The lowest BCUT2D eigenvalue weighted by Gasteiger charge is -2.35. The molecule has 0 spiro atoms. The SMILES string of the molecule is CN(CC1CC1)C[C@@H]1CN(c2ccnc(C3CC3)n2)CCO1. The zero-order chi connectivity index (χ0) is 14.9. The van der Waals surface area contributed by atoms with Gasteiger partial charge in [-0.2, -0.15) is 0 Å². The Bertz CT molecular complexity index is 515. The highest BCUT2D eigenvalue weighted by molar-refractivity contribution is 5.38. The highest BCUT2D eigenvalue weighted by Gasteiger charge is 2.29. The van der Waals surface area contributed by atoms with Crippen molar-refractivity contribution in [1.82, 2.24) is 14.9 Å². The highest BCUT2D eigenvalue weighted by Crippen LogP contribution is 2.38. The van der Waals surface area contributed by atoms with Gasteiger partial charge in [-0.1, -0.05) is 0 Å². The van der Waals surface area contributed by atoms with Gasteiger partial charge in [0, 0.05) is 38.3 Å². The summed E-state index contributed by atoms with van der Waals surface area (Å²) in [5, 5.41) is 0. The monoisotopic (exact) mass is 302 g/mol. The number of rotatable bonds is 6. The summed E-state index contributed by atoms with van der Waals surface area (Å²) in [6, 6.07) is 2.04. The van der Waals surface area contributed by atoms with Gasteiger partial charge in [0.15, 0.2) is 0 Å². The van der Waals surface area contributed by atoms with E-state index in [0.29, 0.717) is 5.92 Å². The Morgan fingerprint density at radius 1 is 1.27 bits per heavy atom. The molecule has 2 aliphatic carbocycles. The molecular formula is C17H26N4O. The van der Waals surface area contributed by atoms with Crippen LogP contribution in [0.1, 0.15) is 37.4 Å². The lowest BCUT2D eigenvalue weighted by atomic mass is 10.2. The van der Waals surface area contributed by atoms with Crippen LogP contribution in [0, 0.1) is 5.92 Å². The molecule has 1 aromatic rings. The topological polar surface area (TPSA) is 41.5 Å². The quantitative estimate of drug-likeness (QED) is 0.803. The Morgan fingerprint density at radius 2 is 2.14 bits per heavy atom. The fraction of sp³-hybridized carbons (Fsp3) is 0.765. The van der Waals surface area contributed by atoms with E-state index in [9.17, 15) is 0 Å². The summed E-state index contributed by atoms with van der Waals surface area (Å²) in [7, 11) is 2.22. The fourth-order valence-corrected chi connectivity index (χ4v) is 3.28. The molecule has 1 saturated heterocycles. The molecule has 1 aliphatic heterocycles. The lowest BCUT2D eigenvalue weighted by Crippen LogP contribution is -2.47. The number of morpholine rings is 1. The van der Waals surface area contributed by atoms with Gasteiger partial charge in [-0.3, -0.25) is 0 Å². The molecule has 2 heterocycles. The van der Waals surface area contributed by atoms with Crippen LogP contribution in [0.15, 0.2) is 12.3 Å². The van der Waals surface area contributed by atoms with Gasteiger partial charge in [-0.15, -0.1) is 0 Å². The second-order valence-electron chi connectivity index (χ2n) is 7.15. The summed E-state index contributed by atoms with van der Waals surface area (Å²) in [6.45, 7) is 4.91. The normalized spacial score (nSPS) is 25.7. The summed E-state index contributed by atoms with van der Waals surface area (Å²) in [5.74, 6) is 3.66. The van der Waals surface area contributed by atoms with Gasteiger partial charge in [0.1, 0.15) is 11.6 Å². The third-order valence-electron chi connectivity index (χ3n) is 4.85. The maximum absolute atomic E-state index is 5.97. The summed E-state index contributed by atoms with van der Waals surface area (Å²) < 4.78 is 5.97. The second-order valence-corrected chi connectivity index (χ2v) is 7.15. The highest BCUT2D eigenvalue weighted by atomic mass is 16.5. The van der Waals surface area contributed by atoms with Crippen LogP contribution in [0.5, 0.6) is 0 Å². The molecule has 4 rings (SSSR count). The minimum atomic E-state index is 0.289. The Hall–Kier alpha value is -1.20. The van der Waals surface area contributed by atoms with Crippen LogP contribution in [-0.2, 0) is 4.74 Å². The van der Waals surface area contributed by atoms with Crippen molar-refractivity contribution in [1.29, 1.82) is 0 Å². The Kier molecular flexibility index (Phi) is 4.01. The molecule has 0 N–H and O–H groups in total. The zero-order valence-electron chi connectivity index (χ0n) is 13.4. The number of hydrogen-bond donors (Lipinski definition) is 0. The van der Waals surface area contributed by atoms with E-state index in [0.717, 1.165) is 43.8 Å². The maximum Gasteiger partial charge on any atom is 0.133 e. The molecule has 3 aliphatic rings. The first-order valence-corrected chi connectivity index (χ1v) is 8.66. The predicted octanol–water partition coefficient (Wildman–Crippen LogP) is 1.90. The molecule has 0 unspecified atom stereocenters. The molecule has 5 heteroatoms. The maximum atomic E-state index is 5.97. The number of aromatic nitrogens is 2. The van der Waals surface area contributed by atoms with E-state index in [1.807, 2.05) is 12.3 Å². The molecule has 0 radical (unpaired) electrons. The van der Waals surface area contributed by atoms with E-state index in [1.54, 1.807) is 0 Å². The molecule has 5 nitrogen and oxygen atoms in total. The Labute approximate surface area is 132 Å². The van der Waals surface area contributed by atoms with Gasteiger partial charge in [0.2, 0.25) is 0 Å². The lowest BCUT2D eigenvalue weighted by molar-refractivity contribution is 0.0197. The predicted molar refractivity (Wildman–Crippen MR) is 86.2 cm³/mol. The van der Waals surface area contributed by atoms with E-state index in [-0.39, 0.29) is 6.10 Å². The molecule has 0 bridgehead atoms. The van der Waals surface area contributed by atoms with Gasteiger partial charge < -0.3 is 14.5 Å². The van der Waals surface area contributed by atoms with E-state index in [1.165, 1.54) is 32.2 Å². The van der Waals surface area contributed by atoms with Crippen molar-refractivity contribution in [3.63, 3.8) is 0 Å². The second kappa shape index (κ2) is 6.13. The fourth-order valence-electron chi connectivity index (χ4n) is 3.28. The van der Waals surface area contributed by atoms with Crippen LogP contribution in [0.4, 0.5) is 5.82 Å². The van der Waals surface area contributed by atoms with Gasteiger partial charge in [-0.25, -0.2) is 9.97 Å². The first-order chi connectivity index (χ1) is 10.8. The van der Waals surface area contributed by atoms with Crippen LogP contribution in [0.25, 0.3) is 0 Å². The molecule has 22 heavy (non-hydrogen) atoms. The van der Waals surface area contributed by atoms with Crippen LogP contribution in [0.3, 0.4) is 0 Å². The average molecular weight is 302 g/mol. The number of nitrogens with zero attached hydrogens (tertiary/aromatic N) is 4. The third-order valence-corrected chi connectivity index (χ3v) is 4.85. The molecule has 0 amide bonds. The largest absolute Gasteiger partial charge is 0.373 e.